The van der Waals surface area contributed by atoms with Crippen LogP contribution in [-0.2, 0) is 11.3 Å². The molecule has 1 fully saturated rings. The molecule has 1 aliphatic rings. The molecule has 0 bridgehead atoms. The molecule has 0 saturated carbocycles. The van der Waals surface area contributed by atoms with E-state index in [9.17, 15) is 4.79 Å². The summed E-state index contributed by atoms with van der Waals surface area (Å²) >= 11 is 0. The van der Waals surface area contributed by atoms with E-state index in [0.717, 1.165) is 18.7 Å². The molecule has 1 saturated heterocycles. The molecule has 22 heavy (non-hydrogen) atoms. The number of pyridine rings is 1. The summed E-state index contributed by atoms with van der Waals surface area (Å²) in [5, 5.41) is 4.34. The molecular formula is C16H20N4O2. The quantitative estimate of drug-likeness (QED) is 0.865. The molecule has 0 aromatic carbocycles. The van der Waals surface area contributed by atoms with E-state index < -0.39 is 0 Å². The highest BCUT2D eigenvalue weighted by atomic mass is 16.5. The summed E-state index contributed by atoms with van der Waals surface area (Å²) in [4.78, 5) is 18.7. The Morgan fingerprint density at radius 2 is 2.32 bits per heavy atom. The van der Waals surface area contributed by atoms with Gasteiger partial charge in [0.15, 0.2) is 0 Å². The third kappa shape index (κ3) is 3.17. The monoisotopic (exact) mass is 300 g/mol. The number of ether oxygens (including phenoxy) is 1. The molecule has 0 spiro atoms. The maximum Gasteiger partial charge on any atom is 0.274 e. The van der Waals surface area contributed by atoms with Crippen LogP contribution in [0.5, 0.6) is 0 Å². The van der Waals surface area contributed by atoms with Gasteiger partial charge in [-0.15, -0.1) is 0 Å². The van der Waals surface area contributed by atoms with E-state index in [1.165, 1.54) is 0 Å². The van der Waals surface area contributed by atoms with Crippen molar-refractivity contribution in [3.8, 4) is 0 Å². The number of hydrogen-bond acceptors (Lipinski definition) is 4. The summed E-state index contributed by atoms with van der Waals surface area (Å²) < 4.78 is 7.55. The summed E-state index contributed by atoms with van der Waals surface area (Å²) in [6, 6.07) is 7.51. The van der Waals surface area contributed by atoms with Gasteiger partial charge in [-0.05, 0) is 24.6 Å². The molecule has 2 aromatic rings. The second-order valence-corrected chi connectivity index (χ2v) is 5.33. The van der Waals surface area contributed by atoms with E-state index in [-0.39, 0.29) is 12.0 Å². The number of aromatic nitrogens is 3. The largest absolute Gasteiger partial charge is 0.368 e. The minimum atomic E-state index is -0.170. The fraction of sp³-hybridized carbons (Fsp3) is 0.438. The van der Waals surface area contributed by atoms with Gasteiger partial charge in [0.25, 0.3) is 5.91 Å². The van der Waals surface area contributed by atoms with Crippen LogP contribution in [0, 0.1) is 0 Å². The Morgan fingerprint density at radius 3 is 3.09 bits per heavy atom. The molecule has 2 aromatic heterocycles. The number of aryl methyl sites for hydroxylation is 1. The fourth-order valence-corrected chi connectivity index (χ4v) is 2.57. The molecule has 0 N–H and O–H groups in total. The number of carbonyl (C=O) groups is 1. The molecule has 0 radical (unpaired) electrons. The third-order valence-electron chi connectivity index (χ3n) is 3.68. The maximum atomic E-state index is 12.6. The Bertz CT molecular complexity index is 626. The Kier molecular flexibility index (Phi) is 4.48. The second-order valence-electron chi connectivity index (χ2n) is 5.33. The molecule has 116 valence electrons. The summed E-state index contributed by atoms with van der Waals surface area (Å²) in [6.45, 7) is 4.53. The minimum Gasteiger partial charge on any atom is -0.368 e. The Labute approximate surface area is 129 Å². The lowest BCUT2D eigenvalue weighted by molar-refractivity contribution is -0.0249. The van der Waals surface area contributed by atoms with Gasteiger partial charge in [0.2, 0.25) is 0 Å². The van der Waals surface area contributed by atoms with E-state index in [0.29, 0.717) is 25.4 Å². The van der Waals surface area contributed by atoms with Gasteiger partial charge < -0.3 is 9.64 Å². The zero-order valence-corrected chi connectivity index (χ0v) is 12.7. The lowest BCUT2D eigenvalue weighted by Gasteiger charge is -2.32. The lowest BCUT2D eigenvalue weighted by atomic mass is 10.2. The lowest BCUT2D eigenvalue weighted by Crippen LogP contribution is -2.42. The van der Waals surface area contributed by atoms with E-state index in [1.54, 1.807) is 17.2 Å². The molecule has 0 aliphatic carbocycles. The van der Waals surface area contributed by atoms with Crippen LogP contribution in [-0.4, -0.2) is 45.3 Å². The number of nitrogens with zero attached hydrogens (tertiary/aromatic N) is 4. The first-order chi connectivity index (χ1) is 10.8. The average Bonchev–Trinajstić information content (AvgIpc) is 3.04. The van der Waals surface area contributed by atoms with Crippen molar-refractivity contribution in [1.82, 2.24) is 19.7 Å². The highest BCUT2D eigenvalue weighted by molar-refractivity contribution is 5.92. The zero-order chi connectivity index (χ0) is 15.4. The van der Waals surface area contributed by atoms with E-state index >= 15 is 0 Å². The zero-order valence-electron chi connectivity index (χ0n) is 12.7. The fourth-order valence-electron chi connectivity index (χ4n) is 2.57. The predicted molar refractivity (Wildman–Crippen MR) is 81.4 cm³/mol. The van der Waals surface area contributed by atoms with Gasteiger partial charge in [-0.2, -0.15) is 5.10 Å². The normalized spacial score (nSPS) is 18.4. The molecule has 0 unspecified atom stereocenters. The molecule has 1 aliphatic heterocycles. The smallest absolute Gasteiger partial charge is 0.274 e. The highest BCUT2D eigenvalue weighted by Crippen LogP contribution is 2.21. The molecule has 3 rings (SSSR count). The number of amides is 1. The SMILES string of the molecule is CCCn1ccc(C(=O)N2CCO[C@@H](c3ccccn3)C2)n1. The van der Waals surface area contributed by atoms with Crippen molar-refractivity contribution in [2.45, 2.75) is 26.0 Å². The first-order valence-corrected chi connectivity index (χ1v) is 7.63. The number of hydrogen-bond donors (Lipinski definition) is 0. The minimum absolute atomic E-state index is 0.0425. The van der Waals surface area contributed by atoms with Crippen LogP contribution in [0.4, 0.5) is 0 Å². The van der Waals surface area contributed by atoms with Gasteiger partial charge in [0.1, 0.15) is 11.8 Å². The summed E-state index contributed by atoms with van der Waals surface area (Å²) in [7, 11) is 0. The van der Waals surface area contributed by atoms with Crippen molar-refractivity contribution in [2.24, 2.45) is 0 Å². The van der Waals surface area contributed by atoms with Crippen molar-refractivity contribution >= 4 is 5.91 Å². The van der Waals surface area contributed by atoms with E-state index in [1.807, 2.05) is 29.1 Å². The average molecular weight is 300 g/mol. The molecular weight excluding hydrogens is 280 g/mol. The van der Waals surface area contributed by atoms with E-state index in [2.05, 4.69) is 17.0 Å². The highest BCUT2D eigenvalue weighted by Gasteiger charge is 2.27. The topological polar surface area (TPSA) is 60.2 Å². The summed E-state index contributed by atoms with van der Waals surface area (Å²) in [6.07, 6.45) is 4.42. The van der Waals surface area contributed by atoms with Crippen LogP contribution in [0.15, 0.2) is 36.7 Å². The Hall–Kier alpha value is -2.21. The maximum absolute atomic E-state index is 12.6. The van der Waals surface area contributed by atoms with Crippen LogP contribution < -0.4 is 0 Å². The number of carbonyl (C=O) groups excluding carboxylic acids is 1. The summed E-state index contributed by atoms with van der Waals surface area (Å²) in [5.74, 6) is -0.0425. The van der Waals surface area contributed by atoms with Crippen molar-refractivity contribution < 1.29 is 9.53 Å². The number of rotatable bonds is 4. The Morgan fingerprint density at radius 1 is 1.41 bits per heavy atom. The first kappa shape index (κ1) is 14.7. The Balaban J connectivity index is 1.69. The first-order valence-electron chi connectivity index (χ1n) is 7.63. The van der Waals surface area contributed by atoms with Gasteiger partial charge in [-0.1, -0.05) is 13.0 Å². The standard InChI is InChI=1S/C16H20N4O2/c1-2-8-20-9-6-14(18-20)16(21)19-10-11-22-15(12-19)13-5-3-4-7-17-13/h3-7,9,15H,2,8,10-12H2,1H3/t15-/m1/s1. The van der Waals surface area contributed by atoms with Crippen LogP contribution in [0.2, 0.25) is 0 Å². The van der Waals surface area contributed by atoms with Gasteiger partial charge >= 0.3 is 0 Å². The summed E-state index contributed by atoms with van der Waals surface area (Å²) in [5.41, 5.74) is 1.35. The van der Waals surface area contributed by atoms with Crippen molar-refractivity contribution in [3.05, 3.63) is 48.0 Å². The molecule has 6 nitrogen and oxygen atoms in total. The molecule has 6 heteroatoms. The van der Waals surface area contributed by atoms with Crippen molar-refractivity contribution in [3.63, 3.8) is 0 Å². The van der Waals surface area contributed by atoms with Gasteiger partial charge in [0.05, 0.1) is 18.8 Å². The van der Waals surface area contributed by atoms with Crippen LogP contribution >= 0.6 is 0 Å². The van der Waals surface area contributed by atoms with E-state index in [4.69, 9.17) is 4.74 Å². The van der Waals surface area contributed by atoms with Crippen LogP contribution in [0.3, 0.4) is 0 Å². The second kappa shape index (κ2) is 6.70. The predicted octanol–water partition coefficient (Wildman–Crippen LogP) is 1.90. The van der Waals surface area contributed by atoms with Crippen LogP contribution in [0.25, 0.3) is 0 Å². The third-order valence-corrected chi connectivity index (χ3v) is 3.68. The van der Waals surface area contributed by atoms with Crippen LogP contribution in [0.1, 0.15) is 35.6 Å². The molecule has 1 atom stereocenters. The molecule has 3 heterocycles. The van der Waals surface area contributed by atoms with Crippen molar-refractivity contribution in [1.29, 1.82) is 0 Å². The number of morpholine rings is 1. The van der Waals surface area contributed by atoms with Crippen molar-refractivity contribution in [2.75, 3.05) is 19.7 Å². The van der Waals surface area contributed by atoms with Gasteiger partial charge in [-0.25, -0.2) is 0 Å². The van der Waals surface area contributed by atoms with Gasteiger partial charge in [0, 0.05) is 25.5 Å². The molecule has 1 amide bonds. The van der Waals surface area contributed by atoms with Gasteiger partial charge in [-0.3, -0.25) is 14.5 Å².